The maximum absolute atomic E-state index is 10.5. The van der Waals surface area contributed by atoms with Crippen molar-refractivity contribution in [3.8, 4) is 0 Å². The molecule has 2 rings (SSSR count). The number of hydrogen-bond donors (Lipinski definition) is 0. The van der Waals surface area contributed by atoms with Gasteiger partial charge < -0.3 is 0 Å². The average Bonchev–Trinajstić information content (AvgIpc) is 2.38. The highest BCUT2D eigenvalue weighted by Gasteiger charge is 2.05. The second-order valence-corrected chi connectivity index (χ2v) is 5.53. The molecule has 0 radical (unpaired) electrons. The van der Waals surface area contributed by atoms with Crippen molar-refractivity contribution in [3.05, 3.63) is 68.7 Å². The van der Waals surface area contributed by atoms with Gasteiger partial charge in [0.1, 0.15) is 0 Å². The van der Waals surface area contributed by atoms with E-state index in [1.165, 1.54) is 17.7 Å². The molecular weight excluding hydrogens is 314 g/mol. The first-order valence-electron chi connectivity index (χ1n) is 5.27. The van der Waals surface area contributed by atoms with E-state index in [0.717, 1.165) is 15.1 Å². The summed E-state index contributed by atoms with van der Waals surface area (Å²) in [6.45, 7) is 0. The summed E-state index contributed by atoms with van der Waals surface area (Å²) in [4.78, 5) is 11.2. The molecule has 0 fully saturated rings. The largest absolute Gasteiger partial charge is 0.269 e. The molecule has 0 aromatic heterocycles. The van der Waals surface area contributed by atoms with E-state index < -0.39 is 0 Å². The molecule has 0 bridgehead atoms. The first kappa shape index (κ1) is 13.1. The van der Waals surface area contributed by atoms with E-state index in [0.29, 0.717) is 0 Å². The molecular formula is C13H10BrNO2S. The van der Waals surface area contributed by atoms with E-state index in [9.17, 15) is 10.1 Å². The van der Waals surface area contributed by atoms with Gasteiger partial charge in [-0.05, 0) is 23.8 Å². The van der Waals surface area contributed by atoms with Crippen LogP contribution in [0, 0.1) is 10.1 Å². The van der Waals surface area contributed by atoms with Crippen LogP contribution in [0.3, 0.4) is 0 Å². The minimum Gasteiger partial charge on any atom is -0.258 e. The van der Waals surface area contributed by atoms with Crippen LogP contribution in [-0.4, -0.2) is 4.92 Å². The van der Waals surface area contributed by atoms with Gasteiger partial charge in [-0.1, -0.05) is 34.1 Å². The van der Waals surface area contributed by atoms with E-state index in [1.807, 2.05) is 18.2 Å². The lowest BCUT2D eigenvalue weighted by Crippen LogP contribution is -1.87. The summed E-state index contributed by atoms with van der Waals surface area (Å²) in [7, 11) is 0. The minimum absolute atomic E-state index is 0.125. The van der Waals surface area contributed by atoms with Crippen LogP contribution in [0.1, 0.15) is 5.56 Å². The van der Waals surface area contributed by atoms with Gasteiger partial charge in [0.05, 0.1) is 4.92 Å². The van der Waals surface area contributed by atoms with Crippen molar-refractivity contribution in [3.63, 3.8) is 0 Å². The fourth-order valence-corrected chi connectivity index (χ4v) is 2.95. The third kappa shape index (κ3) is 3.34. The van der Waals surface area contributed by atoms with Crippen LogP contribution < -0.4 is 0 Å². The van der Waals surface area contributed by atoms with Crippen LogP contribution >= 0.6 is 27.7 Å². The van der Waals surface area contributed by atoms with Gasteiger partial charge in [0.2, 0.25) is 0 Å². The van der Waals surface area contributed by atoms with Crippen molar-refractivity contribution in [2.75, 3.05) is 0 Å². The zero-order valence-electron chi connectivity index (χ0n) is 9.38. The van der Waals surface area contributed by atoms with Crippen LogP contribution in [-0.2, 0) is 5.75 Å². The molecule has 0 unspecified atom stereocenters. The van der Waals surface area contributed by atoms with Crippen molar-refractivity contribution >= 4 is 33.4 Å². The molecule has 0 atom stereocenters. The molecule has 5 heteroatoms. The molecule has 0 spiro atoms. The van der Waals surface area contributed by atoms with Crippen molar-refractivity contribution < 1.29 is 4.92 Å². The van der Waals surface area contributed by atoms with Gasteiger partial charge in [-0.3, -0.25) is 10.1 Å². The Hall–Kier alpha value is -1.33. The van der Waals surface area contributed by atoms with Gasteiger partial charge in [0.15, 0.2) is 0 Å². The third-order valence-corrected chi connectivity index (χ3v) is 4.23. The summed E-state index contributed by atoms with van der Waals surface area (Å²) in [5, 5.41) is 10.5. The molecule has 2 aromatic rings. The summed E-state index contributed by atoms with van der Waals surface area (Å²) in [6.07, 6.45) is 0. The number of non-ortho nitro benzene ring substituents is 1. The molecule has 0 aliphatic rings. The topological polar surface area (TPSA) is 43.1 Å². The monoisotopic (exact) mass is 323 g/mol. The molecule has 0 aliphatic carbocycles. The van der Waals surface area contributed by atoms with Crippen LogP contribution in [0.15, 0.2) is 57.9 Å². The fourth-order valence-electron chi connectivity index (χ4n) is 1.44. The SMILES string of the molecule is O=[N+]([O-])c1ccc(SCc2ccccc2Br)cc1. The predicted molar refractivity (Wildman–Crippen MR) is 76.8 cm³/mol. The first-order chi connectivity index (χ1) is 8.66. The normalized spacial score (nSPS) is 10.3. The molecule has 0 heterocycles. The molecule has 2 aromatic carbocycles. The van der Waals surface area contributed by atoms with E-state index >= 15 is 0 Å². The summed E-state index contributed by atoms with van der Waals surface area (Å²) in [5.74, 6) is 0.833. The van der Waals surface area contributed by atoms with Gasteiger partial charge in [0, 0.05) is 27.3 Å². The first-order valence-corrected chi connectivity index (χ1v) is 7.05. The highest BCUT2D eigenvalue weighted by atomic mass is 79.9. The lowest BCUT2D eigenvalue weighted by molar-refractivity contribution is -0.384. The summed E-state index contributed by atoms with van der Waals surface area (Å²) in [5.41, 5.74) is 1.33. The Bertz CT molecular complexity index is 557. The fraction of sp³-hybridized carbons (Fsp3) is 0.0769. The van der Waals surface area contributed by atoms with E-state index in [2.05, 4.69) is 22.0 Å². The molecule has 0 aliphatic heterocycles. The molecule has 0 saturated heterocycles. The van der Waals surface area contributed by atoms with E-state index in [-0.39, 0.29) is 10.6 Å². The average molecular weight is 324 g/mol. The molecule has 92 valence electrons. The maximum Gasteiger partial charge on any atom is 0.269 e. The second-order valence-electron chi connectivity index (χ2n) is 3.63. The van der Waals surface area contributed by atoms with Gasteiger partial charge in [0.25, 0.3) is 5.69 Å². The molecule has 18 heavy (non-hydrogen) atoms. The van der Waals surface area contributed by atoms with E-state index in [1.54, 1.807) is 23.9 Å². The summed E-state index contributed by atoms with van der Waals surface area (Å²) < 4.78 is 1.08. The Kier molecular flexibility index (Phi) is 4.38. The lowest BCUT2D eigenvalue weighted by atomic mass is 10.2. The van der Waals surface area contributed by atoms with Crippen molar-refractivity contribution in [1.29, 1.82) is 0 Å². The van der Waals surface area contributed by atoms with Crippen molar-refractivity contribution in [1.82, 2.24) is 0 Å². The number of nitro groups is 1. The van der Waals surface area contributed by atoms with Crippen molar-refractivity contribution in [2.24, 2.45) is 0 Å². The Labute approximate surface area is 117 Å². The van der Waals surface area contributed by atoms with E-state index in [4.69, 9.17) is 0 Å². The summed E-state index contributed by atoms with van der Waals surface area (Å²) >= 11 is 5.15. The summed E-state index contributed by atoms with van der Waals surface area (Å²) in [6, 6.07) is 14.7. The number of rotatable bonds is 4. The zero-order valence-corrected chi connectivity index (χ0v) is 11.8. The quantitative estimate of drug-likeness (QED) is 0.467. The smallest absolute Gasteiger partial charge is 0.258 e. The maximum atomic E-state index is 10.5. The Balaban J connectivity index is 2.02. The zero-order chi connectivity index (χ0) is 13.0. The Morgan fingerprint density at radius 1 is 1.11 bits per heavy atom. The van der Waals surface area contributed by atoms with Gasteiger partial charge in [-0.25, -0.2) is 0 Å². The highest BCUT2D eigenvalue weighted by Crippen LogP contribution is 2.27. The molecule has 0 N–H and O–H groups in total. The number of nitrogens with zero attached hydrogens (tertiary/aromatic N) is 1. The number of thioether (sulfide) groups is 1. The number of hydrogen-bond acceptors (Lipinski definition) is 3. The van der Waals surface area contributed by atoms with Gasteiger partial charge in [-0.2, -0.15) is 0 Å². The number of nitro benzene ring substituents is 1. The second kappa shape index (κ2) is 6.02. The lowest BCUT2D eigenvalue weighted by Gasteiger charge is -2.04. The minimum atomic E-state index is -0.387. The van der Waals surface area contributed by atoms with Crippen molar-refractivity contribution in [2.45, 2.75) is 10.6 Å². The van der Waals surface area contributed by atoms with Crippen LogP contribution in [0.2, 0.25) is 0 Å². The Morgan fingerprint density at radius 2 is 1.78 bits per heavy atom. The van der Waals surface area contributed by atoms with Crippen LogP contribution in [0.25, 0.3) is 0 Å². The van der Waals surface area contributed by atoms with Gasteiger partial charge in [-0.15, -0.1) is 11.8 Å². The highest BCUT2D eigenvalue weighted by molar-refractivity contribution is 9.10. The van der Waals surface area contributed by atoms with Crippen LogP contribution in [0.4, 0.5) is 5.69 Å². The predicted octanol–water partition coefficient (Wildman–Crippen LogP) is 4.65. The molecule has 3 nitrogen and oxygen atoms in total. The van der Waals surface area contributed by atoms with Crippen LogP contribution in [0.5, 0.6) is 0 Å². The number of benzene rings is 2. The number of halogens is 1. The standard InChI is InChI=1S/C13H10BrNO2S/c14-13-4-2-1-3-10(13)9-18-12-7-5-11(6-8-12)15(16)17/h1-8H,9H2. The Morgan fingerprint density at radius 3 is 2.39 bits per heavy atom. The van der Waals surface area contributed by atoms with Gasteiger partial charge >= 0.3 is 0 Å². The molecule has 0 saturated carbocycles. The molecule has 0 amide bonds. The third-order valence-electron chi connectivity index (χ3n) is 2.40.